The van der Waals surface area contributed by atoms with E-state index in [4.69, 9.17) is 4.74 Å². The molecule has 1 aromatic rings. The minimum Gasteiger partial charge on any atom is -0.444 e. The number of guanidine groups is 1. The summed E-state index contributed by atoms with van der Waals surface area (Å²) >= 11 is 0. The Kier molecular flexibility index (Phi) is 9.35. The zero-order valence-electron chi connectivity index (χ0n) is 17.0. The quantitative estimate of drug-likeness (QED) is 0.388. The van der Waals surface area contributed by atoms with E-state index in [9.17, 15) is 4.79 Å². The van der Waals surface area contributed by atoms with Gasteiger partial charge in [-0.2, -0.15) is 0 Å². The fourth-order valence-electron chi connectivity index (χ4n) is 3.06. The van der Waals surface area contributed by atoms with E-state index in [1.54, 1.807) is 7.05 Å². The van der Waals surface area contributed by atoms with Crippen LogP contribution in [0.4, 0.5) is 4.79 Å². The van der Waals surface area contributed by atoms with E-state index in [0.29, 0.717) is 0 Å². The molecule has 27 heavy (non-hydrogen) atoms. The normalized spacial score (nSPS) is 17.3. The number of nitrogens with one attached hydrogen (secondary N) is 2. The summed E-state index contributed by atoms with van der Waals surface area (Å²) in [6.45, 7) is 10.2. The topological polar surface area (TPSA) is 66.0 Å². The van der Waals surface area contributed by atoms with Crippen LogP contribution in [0.1, 0.15) is 38.3 Å². The SMILES string of the molecule is CN=C(NCCc1cccc(C)c1)N1CCC(NC(=O)OC(C)(C)C)C1.I. The summed E-state index contributed by atoms with van der Waals surface area (Å²) in [6.07, 6.45) is 1.48. The molecule has 6 nitrogen and oxygen atoms in total. The van der Waals surface area contributed by atoms with Crippen molar-refractivity contribution in [3.8, 4) is 0 Å². The Balaban J connectivity index is 0.00000364. The molecule has 1 fully saturated rings. The molecule has 0 spiro atoms. The minimum atomic E-state index is -0.476. The summed E-state index contributed by atoms with van der Waals surface area (Å²) in [4.78, 5) is 18.5. The number of carbonyl (C=O) groups is 1. The zero-order chi connectivity index (χ0) is 19.2. The number of aryl methyl sites for hydroxylation is 1. The molecule has 0 aromatic heterocycles. The van der Waals surface area contributed by atoms with Crippen molar-refractivity contribution in [3.63, 3.8) is 0 Å². The van der Waals surface area contributed by atoms with E-state index in [0.717, 1.165) is 38.4 Å². The van der Waals surface area contributed by atoms with Gasteiger partial charge in [-0.05, 0) is 46.1 Å². The highest BCUT2D eigenvalue weighted by molar-refractivity contribution is 14.0. The number of aliphatic imine (C=N–C) groups is 1. The first-order chi connectivity index (χ1) is 12.3. The van der Waals surface area contributed by atoms with E-state index < -0.39 is 5.60 Å². The Labute approximate surface area is 180 Å². The van der Waals surface area contributed by atoms with Gasteiger partial charge in [-0.25, -0.2) is 4.79 Å². The molecule has 0 saturated carbocycles. The average Bonchev–Trinajstić information content (AvgIpc) is 2.98. The molecule has 1 aliphatic heterocycles. The van der Waals surface area contributed by atoms with Crippen molar-refractivity contribution in [1.82, 2.24) is 15.5 Å². The molecule has 0 bridgehead atoms. The number of likely N-dealkylation sites (tertiary alicyclic amines) is 1. The van der Waals surface area contributed by atoms with Crippen LogP contribution in [0.3, 0.4) is 0 Å². The zero-order valence-corrected chi connectivity index (χ0v) is 19.4. The van der Waals surface area contributed by atoms with Crippen LogP contribution >= 0.6 is 24.0 Å². The molecule has 1 heterocycles. The number of alkyl carbamates (subject to hydrolysis) is 1. The van der Waals surface area contributed by atoms with Gasteiger partial charge in [0.2, 0.25) is 0 Å². The lowest BCUT2D eigenvalue weighted by molar-refractivity contribution is 0.0507. The van der Waals surface area contributed by atoms with Gasteiger partial charge in [-0.1, -0.05) is 29.8 Å². The predicted octanol–water partition coefficient (Wildman–Crippen LogP) is 3.33. The van der Waals surface area contributed by atoms with Crippen LogP contribution in [0, 0.1) is 6.92 Å². The Hall–Kier alpha value is -1.51. The number of ether oxygens (including phenoxy) is 1. The average molecular weight is 488 g/mol. The summed E-state index contributed by atoms with van der Waals surface area (Å²) in [5, 5.41) is 6.37. The van der Waals surface area contributed by atoms with Crippen LogP contribution in [-0.2, 0) is 11.2 Å². The van der Waals surface area contributed by atoms with Crippen LogP contribution in [0.25, 0.3) is 0 Å². The first kappa shape index (κ1) is 23.5. The monoisotopic (exact) mass is 488 g/mol. The number of rotatable bonds is 4. The Morgan fingerprint density at radius 3 is 2.74 bits per heavy atom. The van der Waals surface area contributed by atoms with Crippen molar-refractivity contribution in [2.45, 2.75) is 52.2 Å². The maximum atomic E-state index is 11.9. The van der Waals surface area contributed by atoms with E-state index in [1.165, 1.54) is 11.1 Å². The van der Waals surface area contributed by atoms with Gasteiger partial charge in [-0.3, -0.25) is 4.99 Å². The molecule has 1 aromatic carbocycles. The number of nitrogens with zero attached hydrogens (tertiary/aromatic N) is 2. The highest BCUT2D eigenvalue weighted by atomic mass is 127. The molecule has 152 valence electrons. The molecule has 7 heteroatoms. The molecule has 1 unspecified atom stereocenters. The van der Waals surface area contributed by atoms with Crippen molar-refractivity contribution in [1.29, 1.82) is 0 Å². The van der Waals surface area contributed by atoms with Crippen LogP contribution in [0.2, 0.25) is 0 Å². The minimum absolute atomic E-state index is 0. The number of amides is 1. The molecule has 0 radical (unpaired) electrons. The van der Waals surface area contributed by atoms with E-state index >= 15 is 0 Å². The summed E-state index contributed by atoms with van der Waals surface area (Å²) < 4.78 is 5.33. The molecule has 1 atom stereocenters. The van der Waals surface area contributed by atoms with Crippen LogP contribution < -0.4 is 10.6 Å². The van der Waals surface area contributed by atoms with Crippen LogP contribution in [0.5, 0.6) is 0 Å². The molecular weight excluding hydrogens is 455 g/mol. The fraction of sp³-hybridized carbons (Fsp3) is 0.600. The highest BCUT2D eigenvalue weighted by Gasteiger charge is 2.27. The molecule has 1 amide bonds. The lowest BCUT2D eigenvalue weighted by atomic mass is 10.1. The Morgan fingerprint density at radius 2 is 2.11 bits per heavy atom. The maximum Gasteiger partial charge on any atom is 0.407 e. The van der Waals surface area contributed by atoms with E-state index in [-0.39, 0.29) is 36.1 Å². The Bertz CT molecular complexity index is 643. The maximum absolute atomic E-state index is 11.9. The van der Waals surface area contributed by atoms with Gasteiger partial charge in [0.25, 0.3) is 0 Å². The van der Waals surface area contributed by atoms with Crippen molar-refractivity contribution < 1.29 is 9.53 Å². The number of carbonyl (C=O) groups excluding carboxylic acids is 1. The fourth-order valence-corrected chi connectivity index (χ4v) is 3.06. The number of benzene rings is 1. The summed E-state index contributed by atoms with van der Waals surface area (Å²) in [7, 11) is 1.80. The van der Waals surface area contributed by atoms with Gasteiger partial charge in [0.05, 0.1) is 6.04 Å². The summed E-state index contributed by atoms with van der Waals surface area (Å²) in [5.41, 5.74) is 2.12. The number of halogens is 1. The largest absolute Gasteiger partial charge is 0.444 e. The van der Waals surface area contributed by atoms with Crippen molar-refractivity contribution >= 4 is 36.0 Å². The Morgan fingerprint density at radius 1 is 1.37 bits per heavy atom. The van der Waals surface area contributed by atoms with Gasteiger partial charge in [0, 0.05) is 26.7 Å². The molecule has 0 aliphatic carbocycles. The summed E-state index contributed by atoms with van der Waals surface area (Å²) in [6, 6.07) is 8.64. The third-order valence-corrected chi connectivity index (χ3v) is 4.20. The summed E-state index contributed by atoms with van der Waals surface area (Å²) in [5.74, 6) is 0.881. The standard InChI is InChI=1S/C20H32N4O2.HI/c1-15-7-6-8-16(13-15)9-11-22-18(21-5)24-12-10-17(14-24)23-19(25)26-20(2,3)4;/h6-8,13,17H,9-12,14H2,1-5H3,(H,21,22)(H,23,25);1H. The second-order valence-electron chi connectivity index (χ2n) is 7.79. The molecule has 1 saturated heterocycles. The highest BCUT2D eigenvalue weighted by Crippen LogP contribution is 2.12. The molecule has 1 aliphatic rings. The van der Waals surface area contributed by atoms with Crippen molar-refractivity contribution in [2.75, 3.05) is 26.7 Å². The lowest BCUT2D eigenvalue weighted by Crippen LogP contribution is -2.44. The van der Waals surface area contributed by atoms with Crippen molar-refractivity contribution in [3.05, 3.63) is 35.4 Å². The number of hydrogen-bond acceptors (Lipinski definition) is 3. The molecule has 2 N–H and O–H groups in total. The van der Waals surface area contributed by atoms with Gasteiger partial charge >= 0.3 is 6.09 Å². The number of hydrogen-bond donors (Lipinski definition) is 2. The van der Waals surface area contributed by atoms with E-state index in [2.05, 4.69) is 51.7 Å². The molecular formula is C20H33IN4O2. The van der Waals surface area contributed by atoms with Gasteiger partial charge in [-0.15, -0.1) is 24.0 Å². The smallest absolute Gasteiger partial charge is 0.407 e. The third kappa shape index (κ3) is 8.36. The van der Waals surface area contributed by atoms with Crippen molar-refractivity contribution in [2.24, 2.45) is 4.99 Å². The van der Waals surface area contributed by atoms with Gasteiger partial charge < -0.3 is 20.3 Å². The second kappa shape index (κ2) is 10.7. The van der Waals surface area contributed by atoms with Crippen LogP contribution in [-0.4, -0.2) is 55.3 Å². The molecule has 2 rings (SSSR count). The first-order valence-electron chi connectivity index (χ1n) is 9.27. The predicted molar refractivity (Wildman–Crippen MR) is 121 cm³/mol. The lowest BCUT2D eigenvalue weighted by Gasteiger charge is -2.23. The second-order valence-corrected chi connectivity index (χ2v) is 7.79. The van der Waals surface area contributed by atoms with Gasteiger partial charge in [0.1, 0.15) is 5.60 Å². The third-order valence-electron chi connectivity index (χ3n) is 4.20. The van der Waals surface area contributed by atoms with E-state index in [1.807, 2.05) is 20.8 Å². The van der Waals surface area contributed by atoms with Gasteiger partial charge in [0.15, 0.2) is 5.96 Å². The van der Waals surface area contributed by atoms with Crippen LogP contribution in [0.15, 0.2) is 29.3 Å². The first-order valence-corrected chi connectivity index (χ1v) is 9.27.